The average molecular weight is 598 g/mol. The Morgan fingerprint density at radius 3 is 2.16 bits per heavy atom. The van der Waals surface area contributed by atoms with Crippen LogP contribution < -0.4 is 0 Å². The van der Waals surface area contributed by atoms with Crippen LogP contribution in [0.3, 0.4) is 0 Å². The van der Waals surface area contributed by atoms with Crippen LogP contribution in [-0.2, 0) is 35.6 Å². The van der Waals surface area contributed by atoms with Crippen LogP contribution in [0, 0.1) is 12.7 Å². The molecule has 2 aromatic rings. The highest BCUT2D eigenvalue weighted by molar-refractivity contribution is 9.12. The van der Waals surface area contributed by atoms with Gasteiger partial charge in [0.2, 0.25) is 10.0 Å². The first-order valence-electron chi connectivity index (χ1n) is 11.2. The second-order valence-electron chi connectivity index (χ2n) is 8.09. The lowest BCUT2D eigenvalue weighted by atomic mass is 10.1. The summed E-state index contributed by atoms with van der Waals surface area (Å²) in [6.45, 7) is 6.55. The maximum Gasteiger partial charge on any atom is 0.341 e. The highest BCUT2D eigenvalue weighted by atomic mass is 79.9. The second-order valence-corrected chi connectivity index (χ2v) is 11.0. The van der Waals surface area contributed by atoms with E-state index in [4.69, 9.17) is 9.47 Å². The summed E-state index contributed by atoms with van der Waals surface area (Å²) in [5.41, 5.74) is 1.77. The van der Waals surface area contributed by atoms with E-state index in [1.807, 2.05) is 6.92 Å². The van der Waals surface area contributed by atoms with Gasteiger partial charge in [0.1, 0.15) is 12.4 Å². The van der Waals surface area contributed by atoms with Crippen LogP contribution in [0.25, 0.3) is 0 Å². The molecule has 0 saturated heterocycles. The van der Waals surface area contributed by atoms with Crippen molar-refractivity contribution in [3.8, 4) is 0 Å². The molecule has 0 saturated carbocycles. The topological polar surface area (TPSA) is 93.2 Å². The summed E-state index contributed by atoms with van der Waals surface area (Å²) < 4.78 is 51.7. The van der Waals surface area contributed by atoms with Gasteiger partial charge in [-0.3, -0.25) is 4.79 Å². The van der Waals surface area contributed by atoms with E-state index >= 15 is 0 Å². The Morgan fingerprint density at radius 2 is 1.65 bits per heavy atom. The highest BCUT2D eigenvalue weighted by Gasteiger charge is 2.32. The van der Waals surface area contributed by atoms with E-state index in [2.05, 4.69) is 22.5 Å². The summed E-state index contributed by atoms with van der Waals surface area (Å²) in [7, 11) is -1.41. The Bertz CT molecular complexity index is 1260. The number of likely N-dealkylation sites (N-methyl/N-ethyl adjacent to an activating group) is 1. The van der Waals surface area contributed by atoms with Crippen molar-refractivity contribution in [2.24, 2.45) is 0 Å². The van der Waals surface area contributed by atoms with E-state index in [0.29, 0.717) is 5.56 Å². The standard InChI is InChI=1S/C26H30BrFN2O6S/c1-6-36-26(32)25(19(3)27)23(29(4)15-20-9-11-21(28)12-10-20)16-30(17-24(31)35-5)37(33,34)22-13-7-18(2)8-14-22/h7-14H,3,6,15-17H2,1-2,4-5H3/b25-23+. The lowest BCUT2D eigenvalue weighted by molar-refractivity contribution is -0.140. The van der Waals surface area contributed by atoms with Gasteiger partial charge in [0.05, 0.1) is 30.7 Å². The van der Waals surface area contributed by atoms with Crippen LogP contribution in [0.1, 0.15) is 18.1 Å². The number of methoxy groups -OCH3 is 1. The van der Waals surface area contributed by atoms with Gasteiger partial charge in [0.25, 0.3) is 0 Å². The molecule has 0 spiro atoms. The van der Waals surface area contributed by atoms with Crippen molar-refractivity contribution in [1.82, 2.24) is 9.21 Å². The Hall–Kier alpha value is -3.02. The molecule has 0 bridgehead atoms. The van der Waals surface area contributed by atoms with Gasteiger partial charge in [-0.15, -0.1) is 0 Å². The van der Waals surface area contributed by atoms with Crippen LogP contribution in [0.5, 0.6) is 0 Å². The van der Waals surface area contributed by atoms with Crippen molar-refractivity contribution in [3.63, 3.8) is 0 Å². The molecule has 0 aliphatic rings. The third kappa shape index (κ3) is 8.24. The Labute approximate surface area is 225 Å². The number of esters is 2. The summed E-state index contributed by atoms with van der Waals surface area (Å²) in [5, 5.41) is 0. The summed E-state index contributed by atoms with van der Waals surface area (Å²) in [5.74, 6) is -1.92. The van der Waals surface area contributed by atoms with E-state index in [1.54, 1.807) is 43.1 Å². The van der Waals surface area contributed by atoms with Gasteiger partial charge in [-0.2, -0.15) is 4.31 Å². The van der Waals surface area contributed by atoms with Crippen molar-refractivity contribution >= 4 is 37.9 Å². The summed E-state index contributed by atoms with van der Waals surface area (Å²) in [6, 6.07) is 11.9. The molecule has 0 radical (unpaired) electrons. The molecule has 37 heavy (non-hydrogen) atoms. The molecular formula is C26H30BrFN2O6S. The zero-order valence-corrected chi connectivity index (χ0v) is 23.6. The number of benzene rings is 2. The van der Waals surface area contributed by atoms with E-state index < -0.39 is 34.3 Å². The van der Waals surface area contributed by atoms with Crippen LogP contribution in [0.2, 0.25) is 0 Å². The zero-order valence-electron chi connectivity index (χ0n) is 21.2. The minimum atomic E-state index is -4.20. The quantitative estimate of drug-likeness (QED) is 0.206. The molecule has 2 rings (SSSR count). The number of aryl methyl sites for hydroxylation is 1. The van der Waals surface area contributed by atoms with Gasteiger partial charge < -0.3 is 14.4 Å². The van der Waals surface area contributed by atoms with E-state index in [1.165, 1.54) is 24.3 Å². The third-order valence-electron chi connectivity index (χ3n) is 5.35. The maximum absolute atomic E-state index is 13.6. The normalized spacial score (nSPS) is 12.1. The van der Waals surface area contributed by atoms with E-state index in [0.717, 1.165) is 17.0 Å². The average Bonchev–Trinajstić information content (AvgIpc) is 2.84. The molecule has 0 N–H and O–H groups in total. The molecule has 0 unspecified atom stereocenters. The summed E-state index contributed by atoms with van der Waals surface area (Å²) in [6.07, 6.45) is 0. The van der Waals surface area contributed by atoms with Gasteiger partial charge in [-0.25, -0.2) is 17.6 Å². The smallest absolute Gasteiger partial charge is 0.341 e. The predicted octanol–water partition coefficient (Wildman–Crippen LogP) is 4.16. The first kappa shape index (κ1) is 30.2. The van der Waals surface area contributed by atoms with Gasteiger partial charge in [-0.05, 0) is 43.7 Å². The van der Waals surface area contributed by atoms with Crippen molar-refractivity contribution in [3.05, 3.63) is 87.8 Å². The Morgan fingerprint density at radius 1 is 1.05 bits per heavy atom. The monoisotopic (exact) mass is 596 g/mol. The van der Waals surface area contributed by atoms with Crippen molar-refractivity contribution in [2.75, 3.05) is 33.9 Å². The van der Waals surface area contributed by atoms with Gasteiger partial charge in [0.15, 0.2) is 0 Å². The summed E-state index contributed by atoms with van der Waals surface area (Å²) in [4.78, 5) is 26.8. The predicted molar refractivity (Wildman–Crippen MR) is 142 cm³/mol. The fraction of sp³-hybridized carbons (Fsp3) is 0.308. The van der Waals surface area contributed by atoms with E-state index in [-0.39, 0.29) is 40.3 Å². The van der Waals surface area contributed by atoms with Gasteiger partial charge >= 0.3 is 11.9 Å². The number of nitrogens with zero attached hydrogens (tertiary/aromatic N) is 2. The fourth-order valence-electron chi connectivity index (χ4n) is 3.40. The highest BCUT2D eigenvalue weighted by Crippen LogP contribution is 2.27. The van der Waals surface area contributed by atoms with Gasteiger partial charge in [0, 0.05) is 23.8 Å². The minimum absolute atomic E-state index is 0.000401. The first-order chi connectivity index (χ1) is 17.4. The van der Waals surface area contributed by atoms with Crippen LogP contribution in [-0.4, -0.2) is 63.4 Å². The molecule has 0 atom stereocenters. The number of carbonyl (C=O) groups excluding carboxylic acids is 2. The molecule has 200 valence electrons. The van der Waals surface area contributed by atoms with Crippen molar-refractivity contribution < 1.29 is 31.9 Å². The first-order valence-corrected chi connectivity index (χ1v) is 13.5. The van der Waals surface area contributed by atoms with E-state index in [9.17, 15) is 22.4 Å². The molecule has 2 aromatic carbocycles. The lowest BCUT2D eigenvalue weighted by Crippen LogP contribution is -2.41. The minimum Gasteiger partial charge on any atom is -0.468 e. The molecule has 0 fully saturated rings. The molecule has 0 aromatic heterocycles. The largest absolute Gasteiger partial charge is 0.468 e. The molecular weight excluding hydrogens is 567 g/mol. The number of sulfonamides is 1. The van der Waals surface area contributed by atoms with Crippen LogP contribution >= 0.6 is 15.9 Å². The zero-order chi connectivity index (χ0) is 27.8. The lowest BCUT2D eigenvalue weighted by Gasteiger charge is -2.30. The number of carbonyl (C=O) groups is 2. The molecule has 0 aliphatic carbocycles. The Kier molecular flexibility index (Phi) is 11.0. The van der Waals surface area contributed by atoms with Crippen LogP contribution in [0.15, 0.2) is 75.8 Å². The molecule has 8 nitrogen and oxygen atoms in total. The maximum atomic E-state index is 13.6. The number of halogens is 2. The van der Waals surface area contributed by atoms with Crippen LogP contribution in [0.4, 0.5) is 4.39 Å². The Balaban J connectivity index is 2.65. The molecule has 0 amide bonds. The molecule has 0 aliphatic heterocycles. The number of rotatable bonds is 12. The molecule has 0 heterocycles. The molecule has 11 heteroatoms. The van der Waals surface area contributed by atoms with Gasteiger partial charge in [-0.1, -0.05) is 52.3 Å². The SMILES string of the molecule is C=C(Br)/C(C(=O)OCC)=C(/CN(CC(=O)OC)S(=O)(=O)c1ccc(C)cc1)N(C)Cc1ccc(F)cc1. The summed E-state index contributed by atoms with van der Waals surface area (Å²) >= 11 is 3.24. The third-order valence-corrected chi connectivity index (χ3v) is 7.55. The van der Waals surface area contributed by atoms with Crippen molar-refractivity contribution in [2.45, 2.75) is 25.3 Å². The van der Waals surface area contributed by atoms with Crippen molar-refractivity contribution in [1.29, 1.82) is 0 Å². The number of hydrogen-bond acceptors (Lipinski definition) is 7. The second kappa shape index (κ2) is 13.5. The number of hydrogen-bond donors (Lipinski definition) is 0. The number of ether oxygens (including phenoxy) is 2. The fourth-order valence-corrected chi connectivity index (χ4v) is 5.14.